The van der Waals surface area contributed by atoms with Crippen LogP contribution in [0.15, 0.2) is 108 Å². The summed E-state index contributed by atoms with van der Waals surface area (Å²) in [6.07, 6.45) is 0.253. The van der Waals surface area contributed by atoms with Gasteiger partial charge in [-0.1, -0.05) is 104 Å². The molecule has 8 nitrogen and oxygen atoms in total. The van der Waals surface area contributed by atoms with Gasteiger partial charge in [0.25, 0.3) is 10.0 Å². The first-order chi connectivity index (χ1) is 22.5. The number of hydrogen-bond donors (Lipinski definition) is 1. The number of aryl methyl sites for hydroxylation is 2. The minimum Gasteiger partial charge on any atom is -0.492 e. The van der Waals surface area contributed by atoms with Crippen molar-refractivity contribution in [1.29, 1.82) is 0 Å². The van der Waals surface area contributed by atoms with Crippen LogP contribution in [0, 0.1) is 19.8 Å². The normalized spacial score (nSPS) is 12.0. The minimum absolute atomic E-state index is 0.0444. The topological polar surface area (TPSA) is 96.0 Å². The van der Waals surface area contributed by atoms with Crippen LogP contribution in [-0.2, 0) is 32.6 Å². The molecule has 47 heavy (non-hydrogen) atoms. The Balaban J connectivity index is 1.83. The summed E-state index contributed by atoms with van der Waals surface area (Å²) < 4.78 is 35.6. The molecule has 1 N–H and O–H groups in total. The van der Waals surface area contributed by atoms with E-state index >= 15 is 0 Å². The molecule has 2 amide bonds. The molecule has 0 fully saturated rings. The number of nitrogens with zero attached hydrogens (tertiary/aromatic N) is 2. The summed E-state index contributed by atoms with van der Waals surface area (Å²) in [6, 6.07) is 29.7. The zero-order valence-corrected chi connectivity index (χ0v) is 28.7. The lowest BCUT2D eigenvalue weighted by molar-refractivity contribution is -0.140. The van der Waals surface area contributed by atoms with Crippen LogP contribution in [0.25, 0.3) is 0 Å². The van der Waals surface area contributed by atoms with Crippen molar-refractivity contribution >= 4 is 27.5 Å². The Bertz CT molecular complexity index is 1740. The van der Waals surface area contributed by atoms with Crippen LogP contribution in [0.4, 0.5) is 5.69 Å². The molecule has 248 valence electrons. The number of benzene rings is 4. The molecule has 9 heteroatoms. The molecule has 4 rings (SSSR count). The van der Waals surface area contributed by atoms with Gasteiger partial charge in [0.1, 0.15) is 18.3 Å². The number of sulfonamides is 1. The fourth-order valence-corrected chi connectivity index (χ4v) is 6.70. The number of anilines is 1. The van der Waals surface area contributed by atoms with Crippen molar-refractivity contribution in [3.63, 3.8) is 0 Å². The maximum Gasteiger partial charge on any atom is 0.264 e. The predicted molar refractivity (Wildman–Crippen MR) is 187 cm³/mol. The Morgan fingerprint density at radius 1 is 0.809 bits per heavy atom. The molecule has 0 aromatic heterocycles. The second kappa shape index (κ2) is 16.3. The second-order valence-electron chi connectivity index (χ2n) is 12.1. The van der Waals surface area contributed by atoms with Crippen LogP contribution in [0.2, 0.25) is 0 Å². The zero-order chi connectivity index (χ0) is 34.0. The van der Waals surface area contributed by atoms with E-state index < -0.39 is 28.5 Å². The van der Waals surface area contributed by atoms with E-state index in [9.17, 15) is 18.0 Å². The summed E-state index contributed by atoms with van der Waals surface area (Å²) in [5, 5.41) is 3.02. The van der Waals surface area contributed by atoms with Crippen LogP contribution < -0.4 is 14.4 Å². The van der Waals surface area contributed by atoms with Gasteiger partial charge in [-0.25, -0.2) is 8.42 Å². The quantitative estimate of drug-likeness (QED) is 0.162. The van der Waals surface area contributed by atoms with E-state index in [2.05, 4.69) is 5.32 Å². The van der Waals surface area contributed by atoms with Gasteiger partial charge < -0.3 is 15.0 Å². The van der Waals surface area contributed by atoms with E-state index in [0.717, 1.165) is 26.6 Å². The van der Waals surface area contributed by atoms with Gasteiger partial charge in [0, 0.05) is 19.5 Å². The van der Waals surface area contributed by atoms with Gasteiger partial charge in [0.15, 0.2) is 0 Å². The molecular formula is C38H45N3O5S. The van der Waals surface area contributed by atoms with Crippen LogP contribution in [-0.4, -0.2) is 50.9 Å². The molecule has 0 aliphatic rings. The second-order valence-corrected chi connectivity index (χ2v) is 13.9. The van der Waals surface area contributed by atoms with Crippen molar-refractivity contribution in [2.45, 2.75) is 58.5 Å². The summed E-state index contributed by atoms with van der Waals surface area (Å²) in [6.45, 7) is 9.97. The molecule has 0 aliphatic carbocycles. The summed E-state index contributed by atoms with van der Waals surface area (Å²) in [7, 11) is -4.24. The maximum absolute atomic E-state index is 14.7. The Morgan fingerprint density at radius 2 is 1.47 bits per heavy atom. The number of carbonyl (C=O) groups is 2. The van der Waals surface area contributed by atoms with E-state index in [1.54, 1.807) is 36.4 Å². The van der Waals surface area contributed by atoms with Gasteiger partial charge in [0.2, 0.25) is 11.8 Å². The first-order valence-corrected chi connectivity index (χ1v) is 17.4. The van der Waals surface area contributed by atoms with Crippen molar-refractivity contribution in [2.75, 3.05) is 24.0 Å². The van der Waals surface area contributed by atoms with Crippen molar-refractivity contribution < 1.29 is 22.7 Å². The van der Waals surface area contributed by atoms with Crippen molar-refractivity contribution in [2.24, 2.45) is 5.92 Å². The molecule has 4 aromatic carbocycles. The number of ether oxygens (including phenoxy) is 1. The van der Waals surface area contributed by atoms with Gasteiger partial charge in [-0.15, -0.1) is 0 Å². The highest BCUT2D eigenvalue weighted by molar-refractivity contribution is 7.92. The SMILES string of the molecule is CCOc1ccccc1N(CC(=O)N(Cc1cccc(C)c1)C(Cc1ccccc1)C(=O)NCC(C)C)S(=O)(=O)c1ccc(C)cc1. The molecule has 4 aromatic rings. The van der Waals surface area contributed by atoms with Gasteiger partial charge >= 0.3 is 0 Å². The zero-order valence-electron chi connectivity index (χ0n) is 27.8. The van der Waals surface area contributed by atoms with E-state index in [0.29, 0.717) is 18.9 Å². The number of nitrogens with one attached hydrogen (secondary N) is 1. The number of hydrogen-bond acceptors (Lipinski definition) is 5. The summed E-state index contributed by atoms with van der Waals surface area (Å²) in [4.78, 5) is 30.2. The Hall–Kier alpha value is -4.63. The van der Waals surface area contributed by atoms with E-state index in [1.165, 1.54) is 17.0 Å². The van der Waals surface area contributed by atoms with E-state index in [4.69, 9.17) is 4.74 Å². The Morgan fingerprint density at radius 3 is 2.13 bits per heavy atom. The van der Waals surface area contributed by atoms with Crippen molar-refractivity contribution in [3.8, 4) is 5.75 Å². The molecule has 0 bridgehead atoms. The lowest BCUT2D eigenvalue weighted by atomic mass is 10.0. The number of carbonyl (C=O) groups excluding carboxylic acids is 2. The molecule has 0 aliphatic heterocycles. The third kappa shape index (κ3) is 9.45. The number of amides is 2. The molecule has 0 radical (unpaired) electrons. The average Bonchev–Trinajstić information content (AvgIpc) is 3.05. The van der Waals surface area contributed by atoms with Gasteiger partial charge in [-0.3, -0.25) is 13.9 Å². The van der Waals surface area contributed by atoms with E-state index in [-0.39, 0.29) is 35.4 Å². The molecule has 1 unspecified atom stereocenters. The maximum atomic E-state index is 14.7. The number of rotatable bonds is 15. The standard InChI is InChI=1S/C38H45N3O5S/c1-6-46-36-18-11-10-17-34(36)41(47(44,45)33-21-19-29(4)20-22-33)27-37(42)40(26-32-16-12-13-30(5)23-32)35(38(43)39-25-28(2)3)24-31-14-8-7-9-15-31/h7-23,28,35H,6,24-27H2,1-5H3,(H,39,43). The molecule has 1 atom stereocenters. The lowest BCUT2D eigenvalue weighted by Gasteiger charge is -2.34. The van der Waals surface area contributed by atoms with Crippen molar-refractivity contribution in [1.82, 2.24) is 10.2 Å². The van der Waals surface area contributed by atoms with Crippen LogP contribution >= 0.6 is 0 Å². The molecular weight excluding hydrogens is 611 g/mol. The van der Waals surface area contributed by atoms with E-state index in [1.807, 2.05) is 89.2 Å². The minimum atomic E-state index is -4.24. The highest BCUT2D eigenvalue weighted by atomic mass is 32.2. The Labute approximate surface area is 279 Å². The smallest absolute Gasteiger partial charge is 0.264 e. The third-order valence-electron chi connectivity index (χ3n) is 7.71. The van der Waals surface area contributed by atoms with Crippen LogP contribution in [0.1, 0.15) is 43.0 Å². The van der Waals surface area contributed by atoms with Crippen LogP contribution in [0.5, 0.6) is 5.75 Å². The molecule has 0 saturated heterocycles. The summed E-state index contributed by atoms with van der Waals surface area (Å²) >= 11 is 0. The third-order valence-corrected chi connectivity index (χ3v) is 9.49. The highest BCUT2D eigenvalue weighted by Crippen LogP contribution is 2.33. The molecule has 0 spiro atoms. The molecule has 0 saturated carbocycles. The fourth-order valence-electron chi connectivity index (χ4n) is 5.28. The Kier molecular flexibility index (Phi) is 12.2. The first kappa shape index (κ1) is 35.2. The highest BCUT2D eigenvalue weighted by Gasteiger charge is 2.35. The van der Waals surface area contributed by atoms with Gasteiger partial charge in [0.05, 0.1) is 17.2 Å². The fraction of sp³-hybridized carbons (Fsp3) is 0.316. The number of para-hydroxylation sites is 2. The monoisotopic (exact) mass is 655 g/mol. The van der Waals surface area contributed by atoms with Crippen LogP contribution in [0.3, 0.4) is 0 Å². The predicted octanol–water partition coefficient (Wildman–Crippen LogP) is 6.31. The first-order valence-electron chi connectivity index (χ1n) is 16.0. The van der Waals surface area contributed by atoms with Gasteiger partial charge in [-0.05, 0) is 62.1 Å². The summed E-state index contributed by atoms with van der Waals surface area (Å²) in [5.74, 6) is -0.290. The largest absolute Gasteiger partial charge is 0.492 e. The van der Waals surface area contributed by atoms with Gasteiger partial charge in [-0.2, -0.15) is 0 Å². The summed E-state index contributed by atoms with van der Waals surface area (Å²) in [5.41, 5.74) is 3.86. The lowest BCUT2D eigenvalue weighted by Crippen LogP contribution is -2.53. The molecule has 0 heterocycles. The van der Waals surface area contributed by atoms with Crippen molar-refractivity contribution in [3.05, 3.63) is 125 Å². The average molecular weight is 656 g/mol.